The molecule has 2 N–H and O–H groups in total. The van der Waals surface area contributed by atoms with Crippen molar-refractivity contribution >= 4 is 33.1 Å². The quantitative estimate of drug-likeness (QED) is 0.463. The Bertz CT molecular complexity index is 1160. The van der Waals surface area contributed by atoms with Crippen molar-refractivity contribution in [2.75, 3.05) is 57.2 Å². The number of benzene rings is 2. The number of rotatable bonds is 7. The summed E-state index contributed by atoms with van der Waals surface area (Å²) >= 11 is 3.50. The molecule has 1 fully saturated rings. The molecule has 178 valence electrons. The Morgan fingerprint density at radius 1 is 1.15 bits per heavy atom. The van der Waals surface area contributed by atoms with Gasteiger partial charge >= 0.3 is 0 Å². The van der Waals surface area contributed by atoms with Crippen LogP contribution in [0.15, 0.2) is 47.2 Å². The predicted molar refractivity (Wildman–Crippen MR) is 133 cm³/mol. The summed E-state index contributed by atoms with van der Waals surface area (Å²) in [7, 11) is 1.63. The summed E-state index contributed by atoms with van der Waals surface area (Å²) < 4.78 is 24.2. The standard InChI is InChI=1S/C24H26BrN5O4/c1-31-20-13-19-16(11-21(20)33-10-7-30-5-8-32-9-6-30)14-26-22-23(27-15-28-24(22)34-19)29-18-4-2-3-17(25)12-18/h2-4,11-13,15,26H,5-10,14H2,1H3,(H,27,28,29). The molecule has 2 aromatic carbocycles. The van der Waals surface area contributed by atoms with Gasteiger partial charge in [0.05, 0.1) is 20.3 Å². The number of morpholine rings is 1. The number of methoxy groups -OCH3 is 1. The average molecular weight is 528 g/mol. The molecule has 0 spiro atoms. The summed E-state index contributed by atoms with van der Waals surface area (Å²) in [5, 5.41) is 6.75. The van der Waals surface area contributed by atoms with Crippen LogP contribution in [0.1, 0.15) is 5.56 Å². The molecular weight excluding hydrogens is 502 g/mol. The lowest BCUT2D eigenvalue weighted by Gasteiger charge is -2.26. The second-order valence-electron chi connectivity index (χ2n) is 7.91. The Hall–Kier alpha value is -3.08. The summed E-state index contributed by atoms with van der Waals surface area (Å²) in [6.45, 7) is 5.32. The highest BCUT2D eigenvalue weighted by atomic mass is 79.9. The third-order valence-electron chi connectivity index (χ3n) is 5.68. The highest BCUT2D eigenvalue weighted by Crippen LogP contribution is 2.42. The van der Waals surface area contributed by atoms with Gasteiger partial charge in [0.2, 0.25) is 5.88 Å². The van der Waals surface area contributed by atoms with Gasteiger partial charge in [-0.25, -0.2) is 4.98 Å². The van der Waals surface area contributed by atoms with Crippen LogP contribution in [0, 0.1) is 0 Å². The Balaban J connectivity index is 1.33. The number of hydrogen-bond donors (Lipinski definition) is 2. The van der Waals surface area contributed by atoms with Gasteiger partial charge in [0.15, 0.2) is 17.3 Å². The van der Waals surface area contributed by atoms with Crippen LogP contribution >= 0.6 is 15.9 Å². The van der Waals surface area contributed by atoms with Crippen LogP contribution in [0.5, 0.6) is 23.1 Å². The molecule has 3 aromatic rings. The van der Waals surface area contributed by atoms with Crippen LogP contribution in [-0.4, -0.2) is 61.4 Å². The molecule has 5 rings (SSSR count). The summed E-state index contributed by atoms with van der Waals surface area (Å²) in [4.78, 5) is 11.1. The number of fused-ring (bicyclic) bond motifs is 2. The fourth-order valence-electron chi connectivity index (χ4n) is 3.89. The summed E-state index contributed by atoms with van der Waals surface area (Å²) in [5.74, 6) is 3.03. The highest BCUT2D eigenvalue weighted by molar-refractivity contribution is 9.10. The molecular formula is C24H26BrN5O4. The number of halogens is 1. The van der Waals surface area contributed by atoms with Crippen molar-refractivity contribution in [3.8, 4) is 23.1 Å². The molecule has 0 saturated carbocycles. The average Bonchev–Trinajstić information content (AvgIpc) is 3.03. The van der Waals surface area contributed by atoms with Crippen LogP contribution in [0.25, 0.3) is 0 Å². The zero-order valence-electron chi connectivity index (χ0n) is 18.8. The maximum Gasteiger partial charge on any atom is 0.248 e. The zero-order valence-corrected chi connectivity index (χ0v) is 20.4. The van der Waals surface area contributed by atoms with E-state index >= 15 is 0 Å². The number of aromatic nitrogens is 2. The van der Waals surface area contributed by atoms with Crippen molar-refractivity contribution in [2.24, 2.45) is 0 Å². The van der Waals surface area contributed by atoms with Crippen molar-refractivity contribution < 1.29 is 18.9 Å². The van der Waals surface area contributed by atoms with Gasteiger partial charge in [-0.1, -0.05) is 22.0 Å². The fraction of sp³-hybridized carbons (Fsp3) is 0.333. The van der Waals surface area contributed by atoms with Gasteiger partial charge < -0.3 is 29.6 Å². The third-order valence-corrected chi connectivity index (χ3v) is 6.17. The van der Waals surface area contributed by atoms with Gasteiger partial charge in [0.1, 0.15) is 24.4 Å². The number of ether oxygens (including phenoxy) is 4. The molecule has 1 aromatic heterocycles. The van der Waals surface area contributed by atoms with Crippen LogP contribution in [0.4, 0.5) is 17.2 Å². The highest BCUT2D eigenvalue weighted by Gasteiger charge is 2.22. The summed E-state index contributed by atoms with van der Waals surface area (Å²) in [6, 6.07) is 11.7. The topological polar surface area (TPSA) is 90.0 Å². The molecule has 2 aliphatic heterocycles. The molecule has 0 amide bonds. The number of anilines is 3. The Morgan fingerprint density at radius 2 is 2.03 bits per heavy atom. The van der Waals surface area contributed by atoms with E-state index in [1.54, 1.807) is 7.11 Å². The molecule has 3 heterocycles. The van der Waals surface area contributed by atoms with Gasteiger partial charge in [-0.05, 0) is 24.3 Å². The van der Waals surface area contributed by atoms with E-state index in [2.05, 4.69) is 41.4 Å². The molecule has 9 nitrogen and oxygen atoms in total. The molecule has 0 unspecified atom stereocenters. The predicted octanol–water partition coefficient (Wildman–Crippen LogP) is 4.42. The van der Waals surface area contributed by atoms with Crippen molar-refractivity contribution in [1.82, 2.24) is 14.9 Å². The summed E-state index contributed by atoms with van der Waals surface area (Å²) in [6.07, 6.45) is 1.48. The van der Waals surface area contributed by atoms with E-state index in [0.717, 1.165) is 48.6 Å². The second-order valence-corrected chi connectivity index (χ2v) is 8.82. The Morgan fingerprint density at radius 3 is 2.85 bits per heavy atom. The van der Waals surface area contributed by atoms with Crippen LogP contribution in [-0.2, 0) is 11.3 Å². The van der Waals surface area contributed by atoms with Crippen LogP contribution in [0.3, 0.4) is 0 Å². The van der Waals surface area contributed by atoms with Gasteiger partial charge in [-0.2, -0.15) is 4.98 Å². The van der Waals surface area contributed by atoms with Crippen LogP contribution < -0.4 is 24.8 Å². The van der Waals surface area contributed by atoms with Crippen molar-refractivity contribution in [3.05, 3.63) is 52.8 Å². The number of nitrogens with zero attached hydrogens (tertiary/aromatic N) is 3. The molecule has 10 heteroatoms. The van der Waals surface area contributed by atoms with E-state index < -0.39 is 0 Å². The summed E-state index contributed by atoms with van der Waals surface area (Å²) in [5.41, 5.74) is 2.53. The van der Waals surface area contributed by atoms with Crippen molar-refractivity contribution in [3.63, 3.8) is 0 Å². The Labute approximate surface area is 206 Å². The first-order valence-electron chi connectivity index (χ1n) is 11.1. The van der Waals surface area contributed by atoms with Crippen molar-refractivity contribution in [2.45, 2.75) is 6.54 Å². The third kappa shape index (κ3) is 5.19. The van der Waals surface area contributed by atoms with Crippen LogP contribution in [0.2, 0.25) is 0 Å². The lowest BCUT2D eigenvalue weighted by molar-refractivity contribution is 0.0321. The van der Waals surface area contributed by atoms with Gasteiger partial charge in [-0.15, -0.1) is 0 Å². The molecule has 0 atom stereocenters. The van der Waals surface area contributed by atoms with E-state index in [-0.39, 0.29) is 0 Å². The van der Waals surface area contributed by atoms with Crippen molar-refractivity contribution in [1.29, 1.82) is 0 Å². The molecule has 0 aliphatic carbocycles. The minimum Gasteiger partial charge on any atom is -0.493 e. The minimum absolute atomic E-state index is 0.439. The maximum atomic E-state index is 6.18. The number of nitrogens with one attached hydrogen (secondary N) is 2. The second kappa shape index (κ2) is 10.5. The van der Waals surface area contributed by atoms with E-state index in [4.69, 9.17) is 18.9 Å². The largest absolute Gasteiger partial charge is 0.493 e. The first-order chi connectivity index (χ1) is 16.7. The molecule has 2 aliphatic rings. The minimum atomic E-state index is 0.439. The van der Waals surface area contributed by atoms with E-state index in [1.165, 1.54) is 6.33 Å². The van der Waals surface area contributed by atoms with E-state index in [9.17, 15) is 0 Å². The molecule has 0 radical (unpaired) electrons. The lowest BCUT2D eigenvalue weighted by Crippen LogP contribution is -2.38. The van der Waals surface area contributed by atoms with E-state index in [0.29, 0.717) is 47.8 Å². The fourth-order valence-corrected chi connectivity index (χ4v) is 4.29. The maximum absolute atomic E-state index is 6.18. The first kappa shape index (κ1) is 22.7. The van der Waals surface area contributed by atoms with Gasteiger partial charge in [0.25, 0.3) is 0 Å². The van der Waals surface area contributed by atoms with Gasteiger partial charge in [-0.3, -0.25) is 4.90 Å². The lowest BCUT2D eigenvalue weighted by atomic mass is 10.1. The SMILES string of the molecule is COc1cc2c(cc1OCCN1CCOCC1)CNc1c(Nc3cccc(Br)c3)ncnc1O2. The molecule has 1 saturated heterocycles. The van der Waals surface area contributed by atoms with Gasteiger partial charge in [0, 0.05) is 48.0 Å². The Kier molecular flexibility index (Phi) is 6.98. The first-order valence-corrected chi connectivity index (χ1v) is 11.9. The number of hydrogen-bond acceptors (Lipinski definition) is 9. The van der Waals surface area contributed by atoms with E-state index in [1.807, 2.05) is 36.4 Å². The zero-order chi connectivity index (χ0) is 23.3. The molecule has 0 bridgehead atoms. The normalized spacial score (nSPS) is 15.2. The monoisotopic (exact) mass is 527 g/mol. The smallest absolute Gasteiger partial charge is 0.248 e. The molecule has 34 heavy (non-hydrogen) atoms.